The van der Waals surface area contributed by atoms with Gasteiger partial charge in [-0.05, 0) is 62.2 Å². The molecule has 57 heavy (non-hydrogen) atoms. The van der Waals surface area contributed by atoms with Crippen molar-refractivity contribution >= 4 is 54.5 Å². The molecule has 6 rings (SSSR count). The summed E-state index contributed by atoms with van der Waals surface area (Å²) in [7, 11) is 0. The molecule has 2 heterocycles. The number of nitrogen functional groups attached to an aromatic ring is 1. The van der Waals surface area contributed by atoms with E-state index in [4.69, 9.17) is 44.2 Å². The summed E-state index contributed by atoms with van der Waals surface area (Å²) in [6, 6.07) is 26.2. The van der Waals surface area contributed by atoms with Crippen molar-refractivity contribution in [3.8, 4) is 32.6 Å². The number of nitro benzene ring substituents is 1. The van der Waals surface area contributed by atoms with Crippen LogP contribution in [0.15, 0.2) is 84.9 Å². The third-order valence-corrected chi connectivity index (χ3v) is 9.78. The number of non-ortho nitro benzene ring substituents is 1. The number of aliphatic hydroxyl groups excluding tert-OH is 1. The van der Waals surface area contributed by atoms with E-state index in [1.165, 1.54) is 23.5 Å². The molecule has 0 atom stereocenters. The van der Waals surface area contributed by atoms with Gasteiger partial charge in [-0.25, -0.2) is 9.97 Å². The second-order valence-electron chi connectivity index (χ2n) is 12.1. The number of nitrogens with zero attached hydrogens (tertiary/aromatic N) is 3. The van der Waals surface area contributed by atoms with E-state index < -0.39 is 4.92 Å². The minimum absolute atomic E-state index is 0.0197. The van der Waals surface area contributed by atoms with E-state index >= 15 is 0 Å². The number of thiazole rings is 2. The lowest BCUT2D eigenvalue weighted by molar-refractivity contribution is -0.384. The summed E-state index contributed by atoms with van der Waals surface area (Å²) in [5, 5.41) is 20.4. The maximum Gasteiger partial charge on any atom is 0.273 e. The number of anilines is 1. The topological polar surface area (TPSA) is 171 Å². The lowest BCUT2D eigenvalue weighted by Gasteiger charge is -2.11. The molecule has 0 fully saturated rings. The number of ether oxygens (including phenoxy) is 6. The Bertz CT molecular complexity index is 2010. The maximum atomic E-state index is 11.1. The lowest BCUT2D eigenvalue weighted by atomic mass is 10.2. The predicted octanol–water partition coefficient (Wildman–Crippen LogP) is 9.06. The van der Waals surface area contributed by atoms with E-state index in [0.29, 0.717) is 57.7 Å². The number of fused-ring (bicyclic) bond motifs is 2. The van der Waals surface area contributed by atoms with Gasteiger partial charge in [-0.1, -0.05) is 38.1 Å². The van der Waals surface area contributed by atoms with Crippen LogP contribution in [-0.2, 0) is 18.9 Å². The molecule has 4 aromatic carbocycles. The van der Waals surface area contributed by atoms with Crippen molar-refractivity contribution in [1.29, 1.82) is 0 Å². The maximum absolute atomic E-state index is 11.1. The number of hydrogen-bond donors (Lipinski definition) is 2. The number of aliphatic hydroxyl groups is 1. The second kappa shape index (κ2) is 25.5. The predicted molar refractivity (Wildman–Crippen MR) is 229 cm³/mol. The van der Waals surface area contributed by atoms with Crippen LogP contribution in [-0.4, -0.2) is 92.7 Å². The van der Waals surface area contributed by atoms with Gasteiger partial charge in [-0.2, -0.15) is 0 Å². The number of hydrogen-bond acceptors (Lipinski definition) is 14. The molecule has 3 N–H and O–H groups in total. The van der Waals surface area contributed by atoms with Gasteiger partial charge in [0.1, 0.15) is 34.7 Å². The van der Waals surface area contributed by atoms with Gasteiger partial charge < -0.3 is 39.3 Å². The first-order chi connectivity index (χ1) is 27.9. The van der Waals surface area contributed by atoms with Crippen molar-refractivity contribution < 1.29 is 38.5 Å². The summed E-state index contributed by atoms with van der Waals surface area (Å²) in [4.78, 5) is 20.0. The summed E-state index contributed by atoms with van der Waals surface area (Å²) in [5.74, 6) is 1.16. The monoisotopic (exact) mass is 820 g/mol. The summed E-state index contributed by atoms with van der Waals surface area (Å²) < 4.78 is 35.7. The standard InChI is InChI=1S/C20H22N2O5S.C20H24N2O3S.C2H6O/c1-2-9-25-10-11-26-12-13-27-18-14-15(22(23)24)7-8-16(18)20-21-17-5-3-4-6-19(17)28-20;1-2-9-23-10-11-24-12-13-25-18-14-15(21)7-8-16(18)20-22-17-5-3-4-6-19(17)26-20;1-2-3/h3-8,14H,2,9-13H2,1H3;3-8,14H,2,9-13,21H2,1H3;3H,2H2,1H3. The number of rotatable bonds is 21. The number of benzene rings is 4. The van der Waals surface area contributed by atoms with Gasteiger partial charge in [0, 0.05) is 37.6 Å². The molecule has 306 valence electrons. The van der Waals surface area contributed by atoms with E-state index in [9.17, 15) is 10.1 Å². The largest absolute Gasteiger partial charge is 0.490 e. The molecule has 0 amide bonds. The van der Waals surface area contributed by atoms with Crippen molar-refractivity contribution in [3.05, 3.63) is 95.0 Å². The van der Waals surface area contributed by atoms with E-state index in [2.05, 4.69) is 24.9 Å². The zero-order valence-corrected chi connectivity index (χ0v) is 34.4. The Morgan fingerprint density at radius 1 is 0.614 bits per heavy atom. The number of aromatic nitrogens is 2. The van der Waals surface area contributed by atoms with E-state index in [1.807, 2.05) is 60.7 Å². The van der Waals surface area contributed by atoms with Crippen LogP contribution in [0.3, 0.4) is 0 Å². The Hall–Kier alpha value is -4.74. The van der Waals surface area contributed by atoms with Gasteiger partial charge in [0.25, 0.3) is 5.69 Å². The van der Waals surface area contributed by atoms with Crippen LogP contribution >= 0.6 is 22.7 Å². The summed E-state index contributed by atoms with van der Waals surface area (Å²) in [6.07, 6.45) is 2.00. The van der Waals surface area contributed by atoms with E-state index in [-0.39, 0.29) is 18.9 Å². The average Bonchev–Trinajstić information content (AvgIpc) is 3.85. The highest BCUT2D eigenvalue weighted by Gasteiger charge is 2.17. The van der Waals surface area contributed by atoms with Crippen molar-refractivity contribution in [2.45, 2.75) is 33.6 Å². The molecule has 0 saturated heterocycles. The van der Waals surface area contributed by atoms with Gasteiger partial charge >= 0.3 is 0 Å². The van der Waals surface area contributed by atoms with Crippen molar-refractivity contribution in [2.75, 3.05) is 78.4 Å². The summed E-state index contributed by atoms with van der Waals surface area (Å²) >= 11 is 3.17. The van der Waals surface area contributed by atoms with Crippen LogP contribution in [0, 0.1) is 10.1 Å². The molecular formula is C42H52N4O9S2. The van der Waals surface area contributed by atoms with Crippen molar-refractivity contribution in [3.63, 3.8) is 0 Å². The van der Waals surface area contributed by atoms with E-state index in [1.54, 1.807) is 24.3 Å². The third-order valence-electron chi connectivity index (χ3n) is 7.64. The SMILES string of the molecule is CCCOCCOCCOc1cc(N)ccc1-c1nc2ccccc2s1.CCCOCCOCCOc1cc([N+](=O)[O-])ccc1-c1nc2ccccc2s1.CCO. The lowest BCUT2D eigenvalue weighted by Crippen LogP contribution is -2.11. The van der Waals surface area contributed by atoms with Gasteiger partial charge in [0.2, 0.25) is 0 Å². The average molecular weight is 821 g/mol. The zero-order valence-electron chi connectivity index (χ0n) is 32.7. The molecule has 15 heteroatoms. The Balaban J connectivity index is 0.000000237. The molecule has 13 nitrogen and oxygen atoms in total. The first-order valence-electron chi connectivity index (χ1n) is 19.0. The Labute approximate surface area is 341 Å². The Kier molecular flexibility index (Phi) is 20.1. The van der Waals surface area contributed by atoms with Gasteiger partial charge in [-0.3, -0.25) is 10.1 Å². The Morgan fingerprint density at radius 2 is 1.04 bits per heavy atom. The minimum atomic E-state index is -0.434. The fourth-order valence-corrected chi connectivity index (χ4v) is 7.08. The molecule has 0 aliphatic carbocycles. The molecule has 0 saturated carbocycles. The number of nitro groups is 1. The summed E-state index contributed by atoms with van der Waals surface area (Å²) in [6.45, 7) is 11.4. The highest BCUT2D eigenvalue weighted by molar-refractivity contribution is 7.22. The van der Waals surface area contributed by atoms with Gasteiger partial charge in [-0.15, -0.1) is 22.7 Å². The molecule has 0 aliphatic heterocycles. The van der Waals surface area contributed by atoms with Crippen molar-refractivity contribution in [2.24, 2.45) is 0 Å². The van der Waals surface area contributed by atoms with Gasteiger partial charge in [0.15, 0.2) is 0 Å². The first kappa shape index (κ1) is 45.0. The normalized spacial score (nSPS) is 10.8. The molecule has 0 aliphatic rings. The molecule has 2 aromatic heterocycles. The van der Waals surface area contributed by atoms with Crippen molar-refractivity contribution in [1.82, 2.24) is 9.97 Å². The zero-order chi connectivity index (χ0) is 40.7. The Morgan fingerprint density at radius 3 is 1.49 bits per heavy atom. The molecule has 0 unspecified atom stereocenters. The summed E-state index contributed by atoms with van der Waals surface area (Å²) in [5.41, 5.74) is 10.1. The minimum Gasteiger partial charge on any atom is -0.490 e. The first-order valence-corrected chi connectivity index (χ1v) is 20.6. The smallest absolute Gasteiger partial charge is 0.273 e. The molecule has 0 bridgehead atoms. The van der Waals surface area contributed by atoms with Crippen LogP contribution in [0.5, 0.6) is 11.5 Å². The van der Waals surface area contributed by atoms with E-state index in [0.717, 1.165) is 73.4 Å². The van der Waals surface area contributed by atoms with Crippen LogP contribution in [0.2, 0.25) is 0 Å². The number of para-hydroxylation sites is 2. The van der Waals surface area contributed by atoms with Crippen LogP contribution in [0.4, 0.5) is 11.4 Å². The molecular weight excluding hydrogens is 769 g/mol. The highest BCUT2D eigenvalue weighted by Crippen LogP contribution is 2.38. The highest BCUT2D eigenvalue weighted by atomic mass is 32.1. The molecule has 0 spiro atoms. The van der Waals surface area contributed by atoms with Gasteiger partial charge in [0.05, 0.1) is 82.2 Å². The molecule has 0 radical (unpaired) electrons. The number of nitrogens with two attached hydrogens (primary N) is 1. The fraction of sp³-hybridized carbons (Fsp3) is 0.381. The second-order valence-corrected chi connectivity index (χ2v) is 14.2. The molecule has 6 aromatic rings. The quantitative estimate of drug-likeness (QED) is 0.0306. The van der Waals surface area contributed by atoms with Crippen LogP contribution < -0.4 is 15.2 Å². The fourth-order valence-electron chi connectivity index (χ4n) is 5.08. The van der Waals surface area contributed by atoms with Crippen LogP contribution in [0.25, 0.3) is 41.6 Å². The van der Waals surface area contributed by atoms with Crippen LogP contribution in [0.1, 0.15) is 33.6 Å². The third kappa shape index (κ3) is 14.9.